The average molecular weight is 356 g/mol. The smallest absolute Gasteiger partial charge is 0.307 e. The summed E-state index contributed by atoms with van der Waals surface area (Å²) in [5.74, 6) is -0.453. The molecule has 24 heavy (non-hydrogen) atoms. The molecule has 0 spiro atoms. The van der Waals surface area contributed by atoms with Crippen molar-refractivity contribution >= 4 is 16.0 Å². The van der Waals surface area contributed by atoms with Crippen molar-refractivity contribution in [2.24, 2.45) is 17.6 Å². The zero-order valence-corrected chi connectivity index (χ0v) is 14.9. The van der Waals surface area contributed by atoms with Gasteiger partial charge in [-0.05, 0) is 29.5 Å². The third-order valence-electron chi connectivity index (χ3n) is 4.44. The summed E-state index contributed by atoms with van der Waals surface area (Å²) in [6.07, 6.45) is -0.249. The summed E-state index contributed by atoms with van der Waals surface area (Å²) in [7, 11) is -2.42. The lowest BCUT2D eigenvalue weighted by molar-refractivity contribution is -0.136. The maximum atomic E-state index is 13.0. The zero-order valence-electron chi connectivity index (χ0n) is 14.1. The molecular formula is C16H24N2O5S. The van der Waals surface area contributed by atoms with Crippen LogP contribution >= 0.6 is 0 Å². The van der Waals surface area contributed by atoms with Crippen molar-refractivity contribution in [2.75, 3.05) is 20.2 Å². The number of nitrogens with two attached hydrogens (primary N) is 1. The van der Waals surface area contributed by atoms with Gasteiger partial charge in [0.25, 0.3) is 0 Å². The maximum Gasteiger partial charge on any atom is 0.307 e. The Balaban J connectivity index is 2.40. The first-order valence-electron chi connectivity index (χ1n) is 7.81. The van der Waals surface area contributed by atoms with E-state index >= 15 is 0 Å². The van der Waals surface area contributed by atoms with E-state index in [0.29, 0.717) is 12.1 Å². The molecule has 1 heterocycles. The Bertz CT molecular complexity index is 717. The van der Waals surface area contributed by atoms with E-state index in [9.17, 15) is 13.2 Å². The molecule has 0 saturated carbocycles. The van der Waals surface area contributed by atoms with Gasteiger partial charge in [-0.15, -0.1) is 0 Å². The molecule has 0 radical (unpaired) electrons. The molecule has 1 aliphatic heterocycles. The lowest BCUT2D eigenvalue weighted by atomic mass is 9.92. The molecule has 0 amide bonds. The Labute approximate surface area is 142 Å². The Morgan fingerprint density at radius 1 is 1.42 bits per heavy atom. The summed E-state index contributed by atoms with van der Waals surface area (Å²) >= 11 is 0. The summed E-state index contributed by atoms with van der Waals surface area (Å²) in [4.78, 5) is 10.9. The molecule has 1 aliphatic rings. The fraction of sp³-hybridized carbons (Fsp3) is 0.562. The van der Waals surface area contributed by atoms with Gasteiger partial charge in [-0.1, -0.05) is 19.9 Å². The number of carboxylic acid groups (broad SMARTS) is 1. The van der Waals surface area contributed by atoms with Crippen LogP contribution in [0.2, 0.25) is 0 Å². The minimum absolute atomic E-state index is 0.0136. The second-order valence-corrected chi connectivity index (χ2v) is 8.36. The number of aliphatic carboxylic acids is 1. The minimum atomic E-state index is -3.80. The van der Waals surface area contributed by atoms with E-state index in [4.69, 9.17) is 15.6 Å². The number of hydrogen-bond acceptors (Lipinski definition) is 5. The van der Waals surface area contributed by atoms with E-state index in [2.05, 4.69) is 0 Å². The van der Waals surface area contributed by atoms with Crippen LogP contribution in [0.3, 0.4) is 0 Å². The lowest BCUT2D eigenvalue weighted by Gasteiger charge is -2.20. The van der Waals surface area contributed by atoms with Crippen LogP contribution in [-0.4, -0.2) is 50.0 Å². The molecule has 134 valence electrons. The number of methoxy groups -OCH3 is 1. The number of ether oxygens (including phenoxy) is 1. The van der Waals surface area contributed by atoms with Crippen LogP contribution < -0.4 is 10.5 Å². The van der Waals surface area contributed by atoms with Gasteiger partial charge in [0.15, 0.2) is 0 Å². The number of hydrogen-bond donors (Lipinski definition) is 2. The number of benzene rings is 1. The first-order chi connectivity index (χ1) is 11.2. The van der Waals surface area contributed by atoms with Crippen molar-refractivity contribution in [1.29, 1.82) is 0 Å². The van der Waals surface area contributed by atoms with E-state index in [1.54, 1.807) is 6.07 Å². The highest BCUT2D eigenvalue weighted by Crippen LogP contribution is 2.32. The molecule has 0 aliphatic carbocycles. The largest absolute Gasteiger partial charge is 0.495 e. The quantitative estimate of drug-likeness (QED) is 0.784. The maximum absolute atomic E-state index is 13.0. The SMILES string of the molecule is COc1ccc(CC(=O)O)cc1S(=O)(=O)N1C[C@H](C(C)C)[C@@H](N)C1. The molecule has 3 N–H and O–H groups in total. The van der Waals surface area contributed by atoms with E-state index in [-0.39, 0.29) is 41.5 Å². The first kappa shape index (κ1) is 18.7. The van der Waals surface area contributed by atoms with Gasteiger partial charge in [0, 0.05) is 19.1 Å². The Morgan fingerprint density at radius 2 is 2.08 bits per heavy atom. The average Bonchev–Trinajstić information content (AvgIpc) is 2.89. The van der Waals surface area contributed by atoms with Gasteiger partial charge in [0.05, 0.1) is 13.5 Å². The monoisotopic (exact) mass is 356 g/mol. The van der Waals surface area contributed by atoms with Crippen LogP contribution in [0.4, 0.5) is 0 Å². The Kier molecular flexibility index (Phi) is 5.52. The molecule has 1 aromatic rings. The van der Waals surface area contributed by atoms with Gasteiger partial charge in [0.1, 0.15) is 10.6 Å². The topological polar surface area (TPSA) is 110 Å². The zero-order chi connectivity index (χ0) is 18.1. The molecule has 0 unspecified atom stereocenters. The van der Waals surface area contributed by atoms with Gasteiger partial charge in [0.2, 0.25) is 10.0 Å². The molecule has 0 bridgehead atoms. The van der Waals surface area contributed by atoms with E-state index in [0.717, 1.165) is 0 Å². The fourth-order valence-corrected chi connectivity index (χ4v) is 4.78. The molecule has 1 aromatic carbocycles. The van der Waals surface area contributed by atoms with Crippen molar-refractivity contribution in [2.45, 2.75) is 31.2 Å². The molecular weight excluding hydrogens is 332 g/mol. The van der Waals surface area contributed by atoms with E-state index < -0.39 is 16.0 Å². The normalized spacial score (nSPS) is 22.0. The van der Waals surface area contributed by atoms with Gasteiger partial charge < -0.3 is 15.6 Å². The van der Waals surface area contributed by atoms with Crippen molar-refractivity contribution < 1.29 is 23.1 Å². The van der Waals surface area contributed by atoms with Gasteiger partial charge >= 0.3 is 5.97 Å². The van der Waals surface area contributed by atoms with Crippen LogP contribution in [0.25, 0.3) is 0 Å². The number of nitrogens with zero attached hydrogens (tertiary/aromatic N) is 1. The molecule has 2 rings (SSSR count). The van der Waals surface area contributed by atoms with Gasteiger partial charge in [-0.2, -0.15) is 4.31 Å². The number of sulfonamides is 1. The third kappa shape index (κ3) is 3.71. The Morgan fingerprint density at radius 3 is 2.58 bits per heavy atom. The van der Waals surface area contributed by atoms with Crippen molar-refractivity contribution in [3.05, 3.63) is 23.8 Å². The summed E-state index contributed by atoms with van der Waals surface area (Å²) in [5.41, 5.74) is 6.50. The predicted octanol–water partition coefficient (Wildman–Crippen LogP) is 0.926. The minimum Gasteiger partial charge on any atom is -0.495 e. The second kappa shape index (κ2) is 7.08. The van der Waals surface area contributed by atoms with Crippen molar-refractivity contribution in [3.8, 4) is 5.75 Å². The summed E-state index contributed by atoms with van der Waals surface area (Å²) < 4.78 is 32.6. The third-order valence-corrected chi connectivity index (χ3v) is 6.29. The highest BCUT2D eigenvalue weighted by Gasteiger charge is 2.39. The molecule has 1 saturated heterocycles. The first-order valence-corrected chi connectivity index (χ1v) is 9.25. The molecule has 0 aromatic heterocycles. The molecule has 7 nitrogen and oxygen atoms in total. The second-order valence-electron chi connectivity index (χ2n) is 6.45. The standard InChI is InChI=1S/C16H24N2O5S/c1-10(2)12-8-18(9-13(12)17)24(21,22)15-6-11(7-16(19)20)4-5-14(15)23-3/h4-6,10,12-13H,7-9,17H2,1-3H3,(H,19,20)/t12-,13+/m1/s1. The highest BCUT2D eigenvalue weighted by molar-refractivity contribution is 7.89. The van der Waals surface area contributed by atoms with Crippen molar-refractivity contribution in [1.82, 2.24) is 4.31 Å². The Hall–Kier alpha value is -1.64. The lowest BCUT2D eigenvalue weighted by Crippen LogP contribution is -2.33. The van der Waals surface area contributed by atoms with Crippen LogP contribution in [0, 0.1) is 11.8 Å². The van der Waals surface area contributed by atoms with E-state index in [1.165, 1.54) is 23.5 Å². The summed E-state index contributed by atoms with van der Waals surface area (Å²) in [6.45, 7) is 4.65. The van der Waals surface area contributed by atoms with Gasteiger partial charge in [-0.25, -0.2) is 8.42 Å². The molecule has 8 heteroatoms. The highest BCUT2D eigenvalue weighted by atomic mass is 32.2. The van der Waals surface area contributed by atoms with Crippen LogP contribution in [0.15, 0.2) is 23.1 Å². The van der Waals surface area contributed by atoms with Crippen LogP contribution in [0.5, 0.6) is 5.75 Å². The summed E-state index contributed by atoms with van der Waals surface area (Å²) in [5, 5.41) is 8.92. The van der Waals surface area contributed by atoms with E-state index in [1.807, 2.05) is 13.8 Å². The predicted molar refractivity (Wildman–Crippen MR) is 89.4 cm³/mol. The molecule has 2 atom stereocenters. The summed E-state index contributed by atoms with van der Waals surface area (Å²) in [6, 6.07) is 4.20. The number of rotatable bonds is 6. The number of carboxylic acids is 1. The van der Waals surface area contributed by atoms with Crippen LogP contribution in [0.1, 0.15) is 19.4 Å². The van der Waals surface area contributed by atoms with Gasteiger partial charge in [-0.3, -0.25) is 4.79 Å². The molecule has 1 fully saturated rings. The van der Waals surface area contributed by atoms with Crippen molar-refractivity contribution in [3.63, 3.8) is 0 Å². The number of carbonyl (C=O) groups is 1. The fourth-order valence-electron chi connectivity index (χ4n) is 3.06. The van der Waals surface area contributed by atoms with Crippen LogP contribution in [-0.2, 0) is 21.2 Å².